The number of alkyl halides is 1. The summed E-state index contributed by atoms with van der Waals surface area (Å²) in [5.41, 5.74) is 0.650. The summed E-state index contributed by atoms with van der Waals surface area (Å²) in [6, 6.07) is 7.62. The van der Waals surface area contributed by atoms with Crippen molar-refractivity contribution in [2.75, 3.05) is 0 Å². The lowest BCUT2D eigenvalue weighted by Gasteiger charge is -2.12. The van der Waals surface area contributed by atoms with Crippen molar-refractivity contribution < 1.29 is 13.2 Å². The molecule has 2 aromatic carbocycles. The van der Waals surface area contributed by atoms with Crippen LogP contribution in [0.15, 0.2) is 40.9 Å². The molecule has 1 atom stereocenters. The summed E-state index contributed by atoms with van der Waals surface area (Å²) >= 11 is 6.29. The molecule has 0 nitrogen and oxygen atoms in total. The van der Waals surface area contributed by atoms with Gasteiger partial charge in [0.15, 0.2) is 0 Å². The van der Waals surface area contributed by atoms with Gasteiger partial charge in [-0.15, -0.1) is 0 Å². The highest BCUT2D eigenvalue weighted by Crippen LogP contribution is 2.34. The predicted octanol–water partition coefficient (Wildman–Crippen LogP) is 5.35. The Labute approximate surface area is 119 Å². The van der Waals surface area contributed by atoms with Gasteiger partial charge in [0.05, 0.1) is 9.30 Å². The average Bonchev–Trinajstić information content (AvgIpc) is 2.35. The first-order valence-corrected chi connectivity index (χ1v) is 6.74. The molecule has 0 saturated carbocycles. The van der Waals surface area contributed by atoms with E-state index in [1.807, 2.05) is 0 Å². The molecule has 2 rings (SSSR count). The molecule has 0 heterocycles. The number of hydrogen-bond acceptors (Lipinski definition) is 0. The van der Waals surface area contributed by atoms with Gasteiger partial charge in [-0.2, -0.15) is 0 Å². The van der Waals surface area contributed by atoms with Crippen LogP contribution < -0.4 is 0 Å². The molecule has 5 heteroatoms. The minimum absolute atomic E-state index is 0.136. The second-order valence-corrected chi connectivity index (χ2v) is 5.47. The molecule has 0 aromatic heterocycles. The molecule has 0 bridgehead atoms. The lowest BCUT2D eigenvalue weighted by atomic mass is 10.0. The maximum Gasteiger partial charge on any atom is 0.137 e. The van der Waals surface area contributed by atoms with Crippen LogP contribution in [0, 0.1) is 17.5 Å². The van der Waals surface area contributed by atoms with E-state index < -0.39 is 22.3 Å². The first-order valence-electron chi connectivity index (χ1n) is 5.03. The highest BCUT2D eigenvalue weighted by atomic mass is 79.9. The molecule has 0 N–H and O–H groups in total. The number of rotatable bonds is 2. The van der Waals surface area contributed by atoms with Gasteiger partial charge in [0, 0.05) is 5.56 Å². The molecule has 0 aliphatic carbocycles. The Morgan fingerprint density at radius 3 is 2.28 bits per heavy atom. The van der Waals surface area contributed by atoms with Crippen LogP contribution in [-0.2, 0) is 0 Å². The highest BCUT2D eigenvalue weighted by molar-refractivity contribution is 9.10. The molecule has 0 spiro atoms. The molecule has 1 unspecified atom stereocenters. The zero-order valence-corrected chi connectivity index (χ0v) is 12.1. The van der Waals surface area contributed by atoms with E-state index in [1.165, 1.54) is 12.1 Å². The molecule has 0 saturated heterocycles. The van der Waals surface area contributed by atoms with E-state index in [0.29, 0.717) is 10.0 Å². The monoisotopic (exact) mass is 378 g/mol. The fraction of sp³-hybridized carbons (Fsp3) is 0.0769. The Morgan fingerprint density at radius 2 is 1.61 bits per heavy atom. The summed E-state index contributed by atoms with van der Waals surface area (Å²) in [5.74, 6) is -1.52. The van der Waals surface area contributed by atoms with Crippen molar-refractivity contribution in [1.82, 2.24) is 0 Å². The van der Waals surface area contributed by atoms with Crippen LogP contribution in [0.4, 0.5) is 13.2 Å². The Kier molecular flexibility index (Phi) is 4.12. The van der Waals surface area contributed by atoms with Gasteiger partial charge in [0.1, 0.15) is 17.5 Å². The molecule has 0 aliphatic rings. The van der Waals surface area contributed by atoms with Gasteiger partial charge < -0.3 is 0 Å². The molecular weight excluding hydrogens is 373 g/mol. The maximum absolute atomic E-state index is 13.6. The fourth-order valence-corrected chi connectivity index (χ4v) is 2.44. The third-order valence-corrected chi connectivity index (χ3v) is 4.13. The van der Waals surface area contributed by atoms with Crippen molar-refractivity contribution in [3.05, 3.63) is 69.4 Å². The highest BCUT2D eigenvalue weighted by Gasteiger charge is 2.16. The van der Waals surface area contributed by atoms with E-state index in [2.05, 4.69) is 31.9 Å². The van der Waals surface area contributed by atoms with Gasteiger partial charge in [-0.1, -0.05) is 22.0 Å². The van der Waals surface area contributed by atoms with Gasteiger partial charge in [0.25, 0.3) is 0 Å². The standard InChI is InChI=1S/C13H7Br2F3/c14-10-3-1-7(5-12(10)18)13(15)9-6-8(16)2-4-11(9)17/h1-6,13H. The number of hydrogen-bond donors (Lipinski definition) is 0. The van der Waals surface area contributed by atoms with Crippen molar-refractivity contribution in [3.63, 3.8) is 0 Å². The van der Waals surface area contributed by atoms with Crippen molar-refractivity contribution in [2.45, 2.75) is 4.83 Å². The molecule has 0 radical (unpaired) electrons. The van der Waals surface area contributed by atoms with Gasteiger partial charge in [-0.25, -0.2) is 13.2 Å². The smallest absolute Gasteiger partial charge is 0.137 e. The molecule has 2 aromatic rings. The predicted molar refractivity (Wildman–Crippen MR) is 71.2 cm³/mol. The van der Waals surface area contributed by atoms with E-state index in [1.54, 1.807) is 6.07 Å². The maximum atomic E-state index is 13.6. The van der Waals surface area contributed by atoms with Crippen LogP contribution in [-0.4, -0.2) is 0 Å². The lowest BCUT2D eigenvalue weighted by Crippen LogP contribution is -1.98. The van der Waals surface area contributed by atoms with Crippen molar-refractivity contribution in [1.29, 1.82) is 0 Å². The summed E-state index contributed by atoms with van der Waals surface area (Å²) in [7, 11) is 0. The quantitative estimate of drug-likeness (QED) is 0.617. The van der Waals surface area contributed by atoms with Crippen LogP contribution in [0.1, 0.15) is 16.0 Å². The average molecular weight is 380 g/mol. The third-order valence-electron chi connectivity index (χ3n) is 2.47. The summed E-state index contributed by atoms with van der Waals surface area (Å²) < 4.78 is 40.4. The zero-order chi connectivity index (χ0) is 13.3. The van der Waals surface area contributed by atoms with E-state index in [9.17, 15) is 13.2 Å². The zero-order valence-electron chi connectivity index (χ0n) is 8.93. The Bertz CT molecular complexity index is 584. The fourth-order valence-electron chi connectivity index (χ4n) is 1.56. The second kappa shape index (κ2) is 5.45. The molecule has 18 heavy (non-hydrogen) atoms. The van der Waals surface area contributed by atoms with E-state index in [4.69, 9.17) is 0 Å². The first kappa shape index (κ1) is 13.6. The summed E-state index contributed by atoms with van der Waals surface area (Å²) in [5, 5.41) is 0. The largest absolute Gasteiger partial charge is 0.207 e. The third kappa shape index (κ3) is 2.78. The van der Waals surface area contributed by atoms with Crippen LogP contribution in [0.5, 0.6) is 0 Å². The normalized spacial score (nSPS) is 12.5. The molecule has 0 fully saturated rings. The molecular formula is C13H7Br2F3. The summed E-state index contributed by atoms with van der Waals surface area (Å²) in [6.45, 7) is 0. The first-order chi connectivity index (χ1) is 8.49. The Hall–Kier alpha value is -0.810. The molecule has 0 aliphatic heterocycles. The van der Waals surface area contributed by atoms with Gasteiger partial charge in [-0.05, 0) is 51.8 Å². The van der Waals surface area contributed by atoms with E-state index in [0.717, 1.165) is 18.2 Å². The number of benzene rings is 2. The summed E-state index contributed by atoms with van der Waals surface area (Å²) in [6.07, 6.45) is 0. The van der Waals surface area contributed by atoms with Crippen molar-refractivity contribution >= 4 is 31.9 Å². The summed E-state index contributed by atoms with van der Waals surface area (Å²) in [4.78, 5) is -0.601. The minimum Gasteiger partial charge on any atom is -0.207 e. The van der Waals surface area contributed by atoms with Gasteiger partial charge in [-0.3, -0.25) is 0 Å². The second-order valence-electron chi connectivity index (χ2n) is 3.70. The van der Waals surface area contributed by atoms with Gasteiger partial charge in [0.2, 0.25) is 0 Å². The van der Waals surface area contributed by atoms with Crippen LogP contribution in [0.2, 0.25) is 0 Å². The van der Waals surface area contributed by atoms with Crippen LogP contribution in [0.3, 0.4) is 0 Å². The number of halogens is 5. The van der Waals surface area contributed by atoms with E-state index in [-0.39, 0.29) is 5.56 Å². The van der Waals surface area contributed by atoms with Gasteiger partial charge >= 0.3 is 0 Å². The minimum atomic E-state index is -0.601. The topological polar surface area (TPSA) is 0 Å². The lowest BCUT2D eigenvalue weighted by molar-refractivity contribution is 0.587. The Balaban J connectivity index is 2.44. The van der Waals surface area contributed by atoms with Crippen LogP contribution in [0.25, 0.3) is 0 Å². The SMILES string of the molecule is Fc1ccc(F)c(C(Br)c2ccc(Br)c(F)c2)c1. The molecule has 0 amide bonds. The van der Waals surface area contributed by atoms with Crippen molar-refractivity contribution in [3.8, 4) is 0 Å². The Morgan fingerprint density at radius 1 is 0.889 bits per heavy atom. The van der Waals surface area contributed by atoms with Crippen LogP contribution >= 0.6 is 31.9 Å². The van der Waals surface area contributed by atoms with Crippen molar-refractivity contribution in [2.24, 2.45) is 0 Å². The molecule has 94 valence electrons. The van der Waals surface area contributed by atoms with E-state index >= 15 is 0 Å².